The summed E-state index contributed by atoms with van der Waals surface area (Å²) in [5.41, 5.74) is 4.67. The first kappa shape index (κ1) is 13.8. The van der Waals surface area contributed by atoms with Crippen LogP contribution in [0, 0.1) is 13.8 Å². The summed E-state index contributed by atoms with van der Waals surface area (Å²) in [6.45, 7) is 3.97. The molecule has 0 unspecified atom stereocenters. The molecule has 0 amide bonds. The van der Waals surface area contributed by atoms with Crippen LogP contribution in [0.1, 0.15) is 21.7 Å². The van der Waals surface area contributed by atoms with Crippen molar-refractivity contribution in [3.8, 4) is 17.1 Å². The standard InChI is InChI=1S/C16H13N5OS/c1-10-3-5-12(6-4-10)21-11(2)14(18-19-21)15-13(9-22)20-7-8-23-16(20)17-15/h3-9H,1-2H3. The van der Waals surface area contributed by atoms with Crippen LogP contribution in [0.25, 0.3) is 22.0 Å². The fraction of sp³-hybridized carbons (Fsp3) is 0.125. The lowest BCUT2D eigenvalue weighted by Gasteiger charge is -2.03. The van der Waals surface area contributed by atoms with Crippen LogP contribution < -0.4 is 0 Å². The lowest BCUT2D eigenvalue weighted by atomic mass is 10.2. The zero-order valence-electron chi connectivity index (χ0n) is 12.6. The van der Waals surface area contributed by atoms with Gasteiger partial charge in [-0.25, -0.2) is 9.67 Å². The van der Waals surface area contributed by atoms with E-state index >= 15 is 0 Å². The minimum absolute atomic E-state index is 0.500. The third kappa shape index (κ3) is 2.08. The summed E-state index contributed by atoms with van der Waals surface area (Å²) >= 11 is 1.48. The molecule has 114 valence electrons. The van der Waals surface area contributed by atoms with Gasteiger partial charge in [-0.3, -0.25) is 9.20 Å². The van der Waals surface area contributed by atoms with Gasteiger partial charge in [0.2, 0.25) is 0 Å². The van der Waals surface area contributed by atoms with E-state index in [2.05, 4.69) is 15.3 Å². The van der Waals surface area contributed by atoms with E-state index in [4.69, 9.17) is 0 Å². The minimum atomic E-state index is 0.500. The smallest absolute Gasteiger partial charge is 0.194 e. The lowest BCUT2D eigenvalue weighted by Crippen LogP contribution is -1.99. The first-order valence-corrected chi connectivity index (χ1v) is 7.97. The van der Waals surface area contributed by atoms with E-state index in [0.717, 1.165) is 22.6 Å². The Kier molecular flexibility index (Phi) is 3.09. The molecule has 0 spiro atoms. The maximum absolute atomic E-state index is 11.5. The van der Waals surface area contributed by atoms with Crippen molar-refractivity contribution in [2.45, 2.75) is 13.8 Å². The Morgan fingerprint density at radius 3 is 2.65 bits per heavy atom. The summed E-state index contributed by atoms with van der Waals surface area (Å²) in [6, 6.07) is 8.04. The van der Waals surface area contributed by atoms with Gasteiger partial charge < -0.3 is 0 Å². The van der Waals surface area contributed by atoms with Crippen molar-refractivity contribution >= 4 is 22.6 Å². The average molecular weight is 323 g/mol. The van der Waals surface area contributed by atoms with Crippen LogP contribution in [0.2, 0.25) is 0 Å². The predicted octanol–water partition coefficient (Wildman–Crippen LogP) is 3.07. The van der Waals surface area contributed by atoms with Crippen molar-refractivity contribution in [1.29, 1.82) is 0 Å². The largest absolute Gasteiger partial charge is 0.296 e. The molecule has 0 aliphatic heterocycles. The number of carbonyl (C=O) groups excluding carboxylic acids is 1. The molecule has 4 rings (SSSR count). The van der Waals surface area contributed by atoms with Crippen LogP contribution in [0.5, 0.6) is 0 Å². The summed E-state index contributed by atoms with van der Waals surface area (Å²) in [4.78, 5) is 16.8. The van der Waals surface area contributed by atoms with Crippen LogP contribution in [0.3, 0.4) is 0 Å². The Hall–Kier alpha value is -2.80. The Morgan fingerprint density at radius 1 is 1.13 bits per heavy atom. The number of carbonyl (C=O) groups is 1. The molecule has 0 atom stereocenters. The molecule has 0 N–H and O–H groups in total. The molecule has 4 aromatic rings. The van der Waals surface area contributed by atoms with Gasteiger partial charge >= 0.3 is 0 Å². The molecule has 0 saturated heterocycles. The summed E-state index contributed by atoms with van der Waals surface area (Å²) in [7, 11) is 0. The summed E-state index contributed by atoms with van der Waals surface area (Å²) in [5, 5.41) is 10.4. The second-order valence-electron chi connectivity index (χ2n) is 5.29. The molecule has 1 aromatic carbocycles. The van der Waals surface area contributed by atoms with E-state index in [9.17, 15) is 4.79 Å². The first-order chi connectivity index (χ1) is 11.2. The number of hydrogen-bond donors (Lipinski definition) is 0. The third-order valence-electron chi connectivity index (χ3n) is 3.81. The van der Waals surface area contributed by atoms with E-state index in [1.54, 1.807) is 9.08 Å². The van der Waals surface area contributed by atoms with Gasteiger partial charge in [-0.1, -0.05) is 22.9 Å². The minimum Gasteiger partial charge on any atom is -0.296 e. The van der Waals surface area contributed by atoms with Gasteiger partial charge in [-0.05, 0) is 26.0 Å². The number of thiazole rings is 1. The monoisotopic (exact) mass is 323 g/mol. The Labute approximate surface area is 136 Å². The molecule has 6 nitrogen and oxygen atoms in total. The number of rotatable bonds is 3. The molecule has 0 fully saturated rings. The van der Waals surface area contributed by atoms with E-state index in [-0.39, 0.29) is 0 Å². The zero-order chi connectivity index (χ0) is 16.0. The van der Waals surface area contributed by atoms with Gasteiger partial charge in [0.05, 0.1) is 11.4 Å². The van der Waals surface area contributed by atoms with Gasteiger partial charge in [0.15, 0.2) is 11.2 Å². The highest BCUT2D eigenvalue weighted by Gasteiger charge is 2.20. The lowest BCUT2D eigenvalue weighted by molar-refractivity contribution is 0.111. The normalized spacial score (nSPS) is 11.2. The van der Waals surface area contributed by atoms with Gasteiger partial charge in [0.1, 0.15) is 17.1 Å². The summed E-state index contributed by atoms with van der Waals surface area (Å²) in [6.07, 6.45) is 2.65. The number of imidazole rings is 1. The predicted molar refractivity (Wildman–Crippen MR) is 88.3 cm³/mol. The maximum atomic E-state index is 11.5. The highest BCUT2D eigenvalue weighted by Crippen LogP contribution is 2.27. The molecule has 0 radical (unpaired) electrons. The highest BCUT2D eigenvalue weighted by atomic mass is 32.1. The van der Waals surface area contributed by atoms with Crippen molar-refractivity contribution < 1.29 is 4.79 Å². The number of fused-ring (bicyclic) bond motifs is 1. The number of hydrogen-bond acceptors (Lipinski definition) is 5. The Bertz CT molecular complexity index is 1010. The van der Waals surface area contributed by atoms with E-state index in [1.165, 1.54) is 16.9 Å². The van der Waals surface area contributed by atoms with Crippen molar-refractivity contribution in [2.75, 3.05) is 0 Å². The topological polar surface area (TPSA) is 65.1 Å². The van der Waals surface area contributed by atoms with Crippen LogP contribution in [0.15, 0.2) is 35.8 Å². The molecule has 0 bridgehead atoms. The zero-order valence-corrected chi connectivity index (χ0v) is 13.4. The number of aryl methyl sites for hydroxylation is 1. The molecule has 3 aromatic heterocycles. The van der Waals surface area contributed by atoms with Crippen molar-refractivity contribution in [3.63, 3.8) is 0 Å². The average Bonchev–Trinajstić information content (AvgIpc) is 3.22. The Balaban J connectivity index is 1.88. The van der Waals surface area contributed by atoms with Gasteiger partial charge in [0, 0.05) is 11.6 Å². The van der Waals surface area contributed by atoms with Gasteiger partial charge in [-0.2, -0.15) is 0 Å². The van der Waals surface area contributed by atoms with Crippen LogP contribution in [0.4, 0.5) is 0 Å². The quantitative estimate of drug-likeness (QED) is 0.544. The number of aldehydes is 1. The van der Waals surface area contributed by atoms with Crippen molar-refractivity contribution in [1.82, 2.24) is 24.4 Å². The first-order valence-electron chi connectivity index (χ1n) is 7.09. The SMILES string of the molecule is Cc1ccc(-n2nnc(-c3nc4sccn4c3C=O)c2C)cc1. The molecule has 0 aliphatic carbocycles. The number of aromatic nitrogens is 5. The maximum Gasteiger partial charge on any atom is 0.194 e. The highest BCUT2D eigenvalue weighted by molar-refractivity contribution is 7.15. The summed E-state index contributed by atoms with van der Waals surface area (Å²) in [5.74, 6) is 0. The molecule has 0 saturated carbocycles. The molecule has 0 aliphatic rings. The van der Waals surface area contributed by atoms with Crippen LogP contribution in [-0.2, 0) is 0 Å². The molecular weight excluding hydrogens is 310 g/mol. The van der Waals surface area contributed by atoms with Crippen LogP contribution >= 0.6 is 11.3 Å². The molecular formula is C16H13N5OS. The number of nitrogens with zero attached hydrogens (tertiary/aromatic N) is 5. The third-order valence-corrected chi connectivity index (χ3v) is 4.56. The van der Waals surface area contributed by atoms with Crippen LogP contribution in [-0.4, -0.2) is 30.7 Å². The molecule has 3 heterocycles. The van der Waals surface area contributed by atoms with E-state index in [1.807, 2.05) is 49.7 Å². The summed E-state index contributed by atoms with van der Waals surface area (Å²) < 4.78 is 3.54. The van der Waals surface area contributed by atoms with Gasteiger partial charge in [0.25, 0.3) is 0 Å². The second kappa shape index (κ2) is 5.13. The molecule has 7 heteroatoms. The number of benzene rings is 1. The fourth-order valence-electron chi connectivity index (χ4n) is 2.57. The van der Waals surface area contributed by atoms with E-state index in [0.29, 0.717) is 17.1 Å². The van der Waals surface area contributed by atoms with E-state index < -0.39 is 0 Å². The molecule has 23 heavy (non-hydrogen) atoms. The van der Waals surface area contributed by atoms with Crippen molar-refractivity contribution in [3.05, 3.63) is 52.8 Å². The van der Waals surface area contributed by atoms with Gasteiger partial charge in [-0.15, -0.1) is 16.4 Å². The van der Waals surface area contributed by atoms with Crippen molar-refractivity contribution in [2.24, 2.45) is 0 Å². The second-order valence-corrected chi connectivity index (χ2v) is 6.16. The Morgan fingerprint density at radius 2 is 1.91 bits per heavy atom. The fourth-order valence-corrected chi connectivity index (χ4v) is 3.29.